The fraction of sp³-hybridized carbons (Fsp3) is 0.188. The van der Waals surface area contributed by atoms with Crippen LogP contribution >= 0.6 is 23.4 Å². The van der Waals surface area contributed by atoms with Crippen molar-refractivity contribution >= 4 is 38.6 Å². The van der Waals surface area contributed by atoms with Gasteiger partial charge < -0.3 is 0 Å². The molecule has 0 unspecified atom stereocenters. The van der Waals surface area contributed by atoms with Crippen LogP contribution < -0.4 is 0 Å². The van der Waals surface area contributed by atoms with Gasteiger partial charge >= 0.3 is 0 Å². The summed E-state index contributed by atoms with van der Waals surface area (Å²) in [7, 11) is -3.69. The maximum atomic E-state index is 13.7. The Kier molecular flexibility index (Phi) is 5.12. The smallest absolute Gasteiger partial charge is 0.260 e. The van der Waals surface area contributed by atoms with E-state index >= 15 is 0 Å². The molecule has 0 bridgehead atoms. The summed E-state index contributed by atoms with van der Waals surface area (Å²) in [5, 5.41) is 0.853. The third-order valence-electron chi connectivity index (χ3n) is 3.48. The lowest BCUT2D eigenvalue weighted by Crippen LogP contribution is -2.32. The summed E-state index contributed by atoms with van der Waals surface area (Å²) in [5.74, 6) is 0.00807. The SMILES string of the molecule is O=S(=O)(c1ccc(Cl)cc1)N1CCN=C1SCc1ccccc1F. The van der Waals surface area contributed by atoms with Gasteiger partial charge in [0.2, 0.25) is 0 Å². The lowest BCUT2D eigenvalue weighted by Gasteiger charge is -2.20. The van der Waals surface area contributed by atoms with Crippen LogP contribution in [0.4, 0.5) is 4.39 Å². The van der Waals surface area contributed by atoms with Gasteiger partial charge in [-0.15, -0.1) is 0 Å². The highest BCUT2D eigenvalue weighted by Gasteiger charge is 2.30. The van der Waals surface area contributed by atoms with Crippen molar-refractivity contribution < 1.29 is 12.8 Å². The van der Waals surface area contributed by atoms with Crippen molar-refractivity contribution in [2.24, 2.45) is 4.99 Å². The number of hydrogen-bond donors (Lipinski definition) is 0. The predicted molar refractivity (Wildman–Crippen MR) is 95.3 cm³/mol. The summed E-state index contributed by atoms with van der Waals surface area (Å²) >= 11 is 7.03. The van der Waals surface area contributed by atoms with Gasteiger partial charge in [0.25, 0.3) is 10.0 Å². The largest absolute Gasteiger partial charge is 0.265 e. The van der Waals surface area contributed by atoms with Crippen LogP contribution in [0.5, 0.6) is 0 Å². The van der Waals surface area contributed by atoms with E-state index in [1.807, 2.05) is 0 Å². The Hall–Kier alpha value is -1.57. The monoisotopic (exact) mass is 384 g/mol. The maximum absolute atomic E-state index is 13.7. The van der Waals surface area contributed by atoms with Crippen LogP contribution in [0.2, 0.25) is 5.02 Å². The summed E-state index contributed by atoms with van der Waals surface area (Å²) in [6, 6.07) is 12.4. The van der Waals surface area contributed by atoms with E-state index in [0.29, 0.717) is 28.1 Å². The molecule has 0 atom stereocenters. The first-order valence-corrected chi connectivity index (χ1v) is 9.98. The minimum Gasteiger partial charge on any atom is -0.260 e. The standard InChI is InChI=1S/C16H14ClFN2O2S2/c17-13-5-7-14(8-6-13)24(21,22)20-10-9-19-16(20)23-11-12-3-1-2-4-15(12)18/h1-8H,9-11H2. The molecule has 0 fully saturated rings. The molecule has 3 rings (SSSR count). The highest BCUT2D eigenvalue weighted by molar-refractivity contribution is 8.14. The molecule has 8 heteroatoms. The lowest BCUT2D eigenvalue weighted by atomic mass is 10.2. The lowest BCUT2D eigenvalue weighted by molar-refractivity contribution is 0.540. The highest BCUT2D eigenvalue weighted by Crippen LogP contribution is 2.27. The molecule has 24 heavy (non-hydrogen) atoms. The van der Waals surface area contributed by atoms with Crippen LogP contribution in [0, 0.1) is 5.82 Å². The number of thioether (sulfide) groups is 1. The van der Waals surface area contributed by atoms with Gasteiger partial charge in [0.05, 0.1) is 18.0 Å². The number of amidine groups is 1. The summed E-state index contributed by atoms with van der Waals surface area (Å²) in [6.07, 6.45) is 0. The fourth-order valence-electron chi connectivity index (χ4n) is 2.24. The minimum absolute atomic E-state index is 0.160. The van der Waals surface area contributed by atoms with Gasteiger partial charge in [-0.05, 0) is 35.9 Å². The Balaban J connectivity index is 1.78. The average molecular weight is 385 g/mol. The Morgan fingerprint density at radius 3 is 2.58 bits per heavy atom. The van der Waals surface area contributed by atoms with Crippen LogP contribution in [0.15, 0.2) is 58.4 Å². The highest BCUT2D eigenvalue weighted by atomic mass is 35.5. The van der Waals surface area contributed by atoms with E-state index in [2.05, 4.69) is 4.99 Å². The summed E-state index contributed by atoms with van der Waals surface area (Å²) < 4.78 is 40.5. The number of benzene rings is 2. The molecule has 1 aliphatic heterocycles. The molecule has 0 aromatic heterocycles. The second kappa shape index (κ2) is 7.13. The van der Waals surface area contributed by atoms with E-state index < -0.39 is 10.0 Å². The van der Waals surface area contributed by atoms with Crippen LogP contribution in [0.3, 0.4) is 0 Å². The molecular formula is C16H14ClFN2O2S2. The molecule has 0 radical (unpaired) electrons. The molecule has 0 amide bonds. The third-order valence-corrected chi connectivity index (χ3v) is 6.71. The minimum atomic E-state index is -3.69. The molecule has 0 saturated carbocycles. The number of aliphatic imine (C=N–C) groups is 1. The molecule has 2 aromatic carbocycles. The van der Waals surface area contributed by atoms with Gasteiger partial charge in [-0.25, -0.2) is 17.1 Å². The molecule has 1 heterocycles. The summed E-state index contributed by atoms with van der Waals surface area (Å²) in [6.45, 7) is 0.678. The van der Waals surface area contributed by atoms with Gasteiger partial charge in [0.15, 0.2) is 5.17 Å². The van der Waals surface area contributed by atoms with E-state index in [4.69, 9.17) is 11.6 Å². The Bertz CT molecular complexity index is 870. The van der Waals surface area contributed by atoms with Crippen LogP contribution in [0.25, 0.3) is 0 Å². The van der Waals surface area contributed by atoms with E-state index in [9.17, 15) is 12.8 Å². The van der Waals surface area contributed by atoms with E-state index in [-0.39, 0.29) is 17.3 Å². The molecule has 2 aromatic rings. The zero-order valence-electron chi connectivity index (χ0n) is 12.5. The second-order valence-corrected chi connectivity index (χ2v) is 8.32. The van der Waals surface area contributed by atoms with Crippen molar-refractivity contribution in [2.45, 2.75) is 10.6 Å². The topological polar surface area (TPSA) is 49.7 Å². The first-order valence-electron chi connectivity index (χ1n) is 7.17. The van der Waals surface area contributed by atoms with Crippen LogP contribution in [-0.4, -0.2) is 31.0 Å². The molecule has 1 aliphatic rings. The zero-order valence-corrected chi connectivity index (χ0v) is 14.9. The van der Waals surface area contributed by atoms with Gasteiger partial charge in [-0.1, -0.05) is 41.6 Å². The van der Waals surface area contributed by atoms with Crippen molar-refractivity contribution in [3.63, 3.8) is 0 Å². The van der Waals surface area contributed by atoms with Crippen LogP contribution in [-0.2, 0) is 15.8 Å². The number of halogens is 2. The van der Waals surface area contributed by atoms with Gasteiger partial charge in [-0.2, -0.15) is 0 Å². The van der Waals surface area contributed by atoms with Crippen molar-refractivity contribution in [1.82, 2.24) is 4.31 Å². The predicted octanol–water partition coefficient (Wildman–Crippen LogP) is 3.77. The summed E-state index contributed by atoms with van der Waals surface area (Å²) in [4.78, 5) is 4.41. The van der Waals surface area contributed by atoms with Crippen LogP contribution in [0.1, 0.15) is 5.56 Å². The Labute approximate surface area is 149 Å². The second-order valence-electron chi connectivity index (χ2n) is 5.08. The Morgan fingerprint density at radius 2 is 1.88 bits per heavy atom. The Morgan fingerprint density at radius 1 is 1.17 bits per heavy atom. The van der Waals surface area contributed by atoms with Crippen molar-refractivity contribution in [2.75, 3.05) is 13.1 Å². The molecular weight excluding hydrogens is 371 g/mol. The van der Waals surface area contributed by atoms with Gasteiger partial charge in [0.1, 0.15) is 5.82 Å². The normalized spacial score (nSPS) is 14.8. The van der Waals surface area contributed by atoms with Crippen molar-refractivity contribution in [1.29, 1.82) is 0 Å². The van der Waals surface area contributed by atoms with Crippen molar-refractivity contribution in [3.05, 3.63) is 64.9 Å². The number of nitrogens with zero attached hydrogens (tertiary/aromatic N) is 2. The van der Waals surface area contributed by atoms with Crippen molar-refractivity contribution in [3.8, 4) is 0 Å². The molecule has 0 spiro atoms. The molecule has 0 aliphatic carbocycles. The number of sulfonamides is 1. The quantitative estimate of drug-likeness (QED) is 0.806. The fourth-order valence-corrected chi connectivity index (χ4v) is 5.08. The maximum Gasteiger partial charge on any atom is 0.265 e. The molecule has 126 valence electrons. The van der Waals surface area contributed by atoms with E-state index in [0.717, 1.165) is 0 Å². The average Bonchev–Trinajstić information content (AvgIpc) is 3.04. The van der Waals surface area contributed by atoms with Gasteiger partial charge in [0, 0.05) is 10.8 Å². The number of rotatable bonds is 4. The first kappa shape index (κ1) is 17.3. The van der Waals surface area contributed by atoms with E-state index in [1.165, 1.54) is 46.4 Å². The summed E-state index contributed by atoms with van der Waals surface area (Å²) in [5.41, 5.74) is 0.515. The van der Waals surface area contributed by atoms with E-state index in [1.54, 1.807) is 18.2 Å². The van der Waals surface area contributed by atoms with Gasteiger partial charge in [-0.3, -0.25) is 4.99 Å². The molecule has 0 N–H and O–H groups in total. The number of hydrogen-bond acceptors (Lipinski definition) is 4. The zero-order chi connectivity index (χ0) is 17.2. The first-order chi connectivity index (χ1) is 11.5. The molecule has 4 nitrogen and oxygen atoms in total. The third kappa shape index (κ3) is 3.58. The molecule has 0 saturated heterocycles.